The molecule has 0 fully saturated rings. The minimum absolute atomic E-state index is 0.288. The highest BCUT2D eigenvalue weighted by molar-refractivity contribution is 5.69. The third kappa shape index (κ3) is 16.0. The molecule has 6 heteroatoms. The highest BCUT2D eigenvalue weighted by Gasteiger charge is 2.15. The Morgan fingerprint density at radius 1 is 0.741 bits per heavy atom. The highest BCUT2D eigenvalue weighted by atomic mass is 16.6. The van der Waals surface area contributed by atoms with Crippen LogP contribution in [0.1, 0.15) is 96.8 Å². The molecule has 0 amide bonds. The van der Waals surface area contributed by atoms with Gasteiger partial charge in [0, 0.05) is 6.42 Å². The average molecular weight is 391 g/mol. The lowest BCUT2D eigenvalue weighted by Gasteiger charge is -2.17. The van der Waals surface area contributed by atoms with Crippen LogP contribution in [-0.4, -0.2) is 57.9 Å². The molecule has 0 spiro atoms. The standard InChI is InChI=1S/C21H42O6/c1-2-3-4-5-7-10-13-19(24)20(25)14-11-8-6-9-12-15-21(26)27-18(16-22)17-23/h18-20,22-25H,2-17H2,1H3. The van der Waals surface area contributed by atoms with Crippen LogP contribution in [0.2, 0.25) is 0 Å². The molecule has 0 heterocycles. The van der Waals surface area contributed by atoms with Gasteiger partial charge in [0.15, 0.2) is 0 Å². The van der Waals surface area contributed by atoms with Gasteiger partial charge in [0.2, 0.25) is 0 Å². The second kappa shape index (κ2) is 18.7. The third-order valence-electron chi connectivity index (χ3n) is 4.88. The summed E-state index contributed by atoms with van der Waals surface area (Å²) in [7, 11) is 0. The first-order valence-corrected chi connectivity index (χ1v) is 10.8. The van der Waals surface area contributed by atoms with Crippen LogP contribution in [-0.2, 0) is 9.53 Å². The number of hydrogen-bond acceptors (Lipinski definition) is 6. The van der Waals surface area contributed by atoms with Crippen molar-refractivity contribution in [3.05, 3.63) is 0 Å². The smallest absolute Gasteiger partial charge is 0.306 e. The van der Waals surface area contributed by atoms with Crippen molar-refractivity contribution < 1.29 is 30.0 Å². The normalized spacial score (nSPS) is 13.7. The topological polar surface area (TPSA) is 107 Å². The second-order valence-electron chi connectivity index (χ2n) is 7.47. The van der Waals surface area contributed by atoms with Gasteiger partial charge in [-0.15, -0.1) is 0 Å². The quantitative estimate of drug-likeness (QED) is 0.199. The van der Waals surface area contributed by atoms with E-state index in [0.717, 1.165) is 38.5 Å². The van der Waals surface area contributed by atoms with E-state index in [1.165, 1.54) is 25.7 Å². The summed E-state index contributed by atoms with van der Waals surface area (Å²) in [6, 6.07) is 0. The van der Waals surface area contributed by atoms with Gasteiger partial charge in [0.1, 0.15) is 6.10 Å². The monoisotopic (exact) mass is 390 g/mol. The van der Waals surface area contributed by atoms with Crippen molar-refractivity contribution in [1.82, 2.24) is 0 Å². The first-order chi connectivity index (χ1) is 13.0. The molecule has 4 N–H and O–H groups in total. The Labute approximate surface area is 164 Å². The Kier molecular flexibility index (Phi) is 18.2. The van der Waals surface area contributed by atoms with E-state index in [1.54, 1.807) is 0 Å². The maximum atomic E-state index is 11.5. The van der Waals surface area contributed by atoms with E-state index >= 15 is 0 Å². The van der Waals surface area contributed by atoms with Gasteiger partial charge in [-0.1, -0.05) is 71.1 Å². The van der Waals surface area contributed by atoms with E-state index in [4.69, 9.17) is 14.9 Å². The van der Waals surface area contributed by atoms with Crippen LogP contribution < -0.4 is 0 Å². The van der Waals surface area contributed by atoms with Crippen molar-refractivity contribution in [1.29, 1.82) is 0 Å². The molecule has 0 rings (SSSR count). The van der Waals surface area contributed by atoms with Gasteiger partial charge in [-0.05, 0) is 19.3 Å². The van der Waals surface area contributed by atoms with Gasteiger partial charge in [0.25, 0.3) is 0 Å². The zero-order valence-corrected chi connectivity index (χ0v) is 17.2. The predicted octanol–water partition coefficient (Wildman–Crippen LogP) is 3.09. The maximum Gasteiger partial charge on any atom is 0.306 e. The molecular formula is C21H42O6. The van der Waals surface area contributed by atoms with Crippen molar-refractivity contribution >= 4 is 5.97 Å². The van der Waals surface area contributed by atoms with Gasteiger partial charge >= 0.3 is 5.97 Å². The van der Waals surface area contributed by atoms with Crippen LogP contribution in [0.15, 0.2) is 0 Å². The van der Waals surface area contributed by atoms with E-state index in [-0.39, 0.29) is 19.6 Å². The zero-order valence-electron chi connectivity index (χ0n) is 17.2. The molecule has 0 aromatic rings. The molecule has 0 aliphatic rings. The summed E-state index contributed by atoms with van der Waals surface area (Å²) in [6.45, 7) is 1.46. The van der Waals surface area contributed by atoms with E-state index in [1.807, 2.05) is 0 Å². The lowest BCUT2D eigenvalue weighted by molar-refractivity contribution is -0.153. The predicted molar refractivity (Wildman–Crippen MR) is 106 cm³/mol. The lowest BCUT2D eigenvalue weighted by atomic mass is 9.99. The number of carbonyl (C=O) groups excluding carboxylic acids is 1. The molecule has 0 radical (unpaired) electrons. The van der Waals surface area contributed by atoms with Crippen LogP contribution in [0.4, 0.5) is 0 Å². The fourth-order valence-electron chi connectivity index (χ4n) is 3.05. The summed E-state index contributed by atoms with van der Waals surface area (Å²) < 4.78 is 4.89. The second-order valence-corrected chi connectivity index (χ2v) is 7.47. The minimum atomic E-state index is -0.818. The van der Waals surface area contributed by atoms with E-state index in [2.05, 4.69) is 6.92 Å². The van der Waals surface area contributed by atoms with Crippen molar-refractivity contribution in [3.63, 3.8) is 0 Å². The summed E-state index contributed by atoms with van der Waals surface area (Å²) in [5.74, 6) is -0.392. The fourth-order valence-corrected chi connectivity index (χ4v) is 3.05. The minimum Gasteiger partial charge on any atom is -0.457 e. The SMILES string of the molecule is CCCCCCCCC(O)C(O)CCCCCCCC(=O)OC(CO)CO. The number of aliphatic hydroxyl groups excluding tert-OH is 4. The Hall–Kier alpha value is -0.690. The molecule has 0 aromatic heterocycles. The van der Waals surface area contributed by atoms with Gasteiger partial charge in [-0.25, -0.2) is 0 Å². The summed E-state index contributed by atoms with van der Waals surface area (Å²) >= 11 is 0. The number of unbranched alkanes of at least 4 members (excludes halogenated alkanes) is 9. The van der Waals surface area contributed by atoms with Crippen LogP contribution >= 0.6 is 0 Å². The molecule has 2 unspecified atom stereocenters. The molecule has 0 aliphatic heterocycles. The Morgan fingerprint density at radius 3 is 1.67 bits per heavy atom. The maximum absolute atomic E-state index is 11.5. The van der Waals surface area contributed by atoms with Gasteiger partial charge < -0.3 is 25.2 Å². The number of hydrogen-bond donors (Lipinski definition) is 4. The Morgan fingerprint density at radius 2 is 1.19 bits per heavy atom. The van der Waals surface area contributed by atoms with E-state index < -0.39 is 24.3 Å². The average Bonchev–Trinajstić information content (AvgIpc) is 2.67. The molecule has 0 aliphatic carbocycles. The number of aliphatic hydroxyl groups is 4. The molecule has 0 saturated heterocycles. The van der Waals surface area contributed by atoms with Gasteiger partial charge in [-0.2, -0.15) is 0 Å². The van der Waals surface area contributed by atoms with Crippen molar-refractivity contribution in [3.8, 4) is 0 Å². The zero-order chi connectivity index (χ0) is 20.3. The number of ether oxygens (including phenoxy) is 1. The van der Waals surface area contributed by atoms with Gasteiger partial charge in [-0.3, -0.25) is 4.79 Å². The summed E-state index contributed by atoms with van der Waals surface area (Å²) in [6.07, 6.45) is 11.0. The molecule has 0 bridgehead atoms. The van der Waals surface area contributed by atoms with Crippen LogP contribution in [0.3, 0.4) is 0 Å². The van der Waals surface area contributed by atoms with Crippen LogP contribution in [0.5, 0.6) is 0 Å². The first-order valence-electron chi connectivity index (χ1n) is 10.8. The molecule has 0 aromatic carbocycles. The van der Waals surface area contributed by atoms with Crippen molar-refractivity contribution in [2.24, 2.45) is 0 Å². The fraction of sp³-hybridized carbons (Fsp3) is 0.952. The molecule has 6 nitrogen and oxygen atoms in total. The van der Waals surface area contributed by atoms with Crippen LogP contribution in [0, 0.1) is 0 Å². The third-order valence-corrected chi connectivity index (χ3v) is 4.88. The number of rotatable bonds is 19. The summed E-state index contributed by atoms with van der Waals surface area (Å²) in [5, 5.41) is 37.7. The van der Waals surface area contributed by atoms with Gasteiger partial charge in [0.05, 0.1) is 25.4 Å². The summed E-state index contributed by atoms with van der Waals surface area (Å²) in [5.41, 5.74) is 0. The molecule has 0 saturated carbocycles. The van der Waals surface area contributed by atoms with E-state index in [0.29, 0.717) is 19.3 Å². The number of esters is 1. The van der Waals surface area contributed by atoms with Crippen molar-refractivity contribution in [2.75, 3.05) is 13.2 Å². The summed E-state index contributed by atoms with van der Waals surface area (Å²) in [4.78, 5) is 11.5. The Bertz CT molecular complexity index is 333. The largest absolute Gasteiger partial charge is 0.457 e. The number of carbonyl (C=O) groups is 1. The Balaban J connectivity index is 3.51. The lowest BCUT2D eigenvalue weighted by Crippen LogP contribution is -2.25. The molecule has 162 valence electrons. The molecular weight excluding hydrogens is 348 g/mol. The molecule has 2 atom stereocenters. The first kappa shape index (κ1) is 26.3. The van der Waals surface area contributed by atoms with E-state index in [9.17, 15) is 15.0 Å². The molecule has 27 heavy (non-hydrogen) atoms. The van der Waals surface area contributed by atoms with Crippen molar-refractivity contribution in [2.45, 2.75) is 115 Å². The highest BCUT2D eigenvalue weighted by Crippen LogP contribution is 2.15. The van der Waals surface area contributed by atoms with Crippen LogP contribution in [0.25, 0.3) is 0 Å².